The number of thioether (sulfide) groups is 1. The van der Waals surface area contributed by atoms with Gasteiger partial charge in [-0.1, -0.05) is 36.0 Å². The Morgan fingerprint density at radius 3 is 2.35 bits per heavy atom. The van der Waals surface area contributed by atoms with Gasteiger partial charge in [0.05, 0.1) is 31.4 Å². The quantitative estimate of drug-likeness (QED) is 0.355. The third-order valence-corrected chi connectivity index (χ3v) is 6.52. The minimum absolute atomic E-state index is 0.714. The molecule has 0 spiro atoms. The SMILES string of the molecule is COc1ccc(CN2CCN(CCOCCn3c(SC)nc4ccccc43)CC2)cc1. The van der Waals surface area contributed by atoms with Gasteiger partial charge in [-0.25, -0.2) is 4.98 Å². The predicted molar refractivity (Wildman–Crippen MR) is 127 cm³/mol. The van der Waals surface area contributed by atoms with Crippen molar-refractivity contribution in [1.29, 1.82) is 0 Å². The van der Waals surface area contributed by atoms with Crippen LogP contribution in [0.25, 0.3) is 11.0 Å². The van der Waals surface area contributed by atoms with Gasteiger partial charge in [-0.05, 0) is 36.1 Å². The van der Waals surface area contributed by atoms with Crippen molar-refractivity contribution in [1.82, 2.24) is 19.4 Å². The summed E-state index contributed by atoms with van der Waals surface area (Å²) >= 11 is 1.69. The van der Waals surface area contributed by atoms with Crippen molar-refractivity contribution in [2.75, 3.05) is 59.3 Å². The Balaban J connectivity index is 1.15. The molecule has 166 valence electrons. The van der Waals surface area contributed by atoms with Gasteiger partial charge < -0.3 is 14.0 Å². The molecule has 0 saturated carbocycles. The minimum atomic E-state index is 0.714. The van der Waals surface area contributed by atoms with Crippen molar-refractivity contribution in [3.8, 4) is 5.75 Å². The van der Waals surface area contributed by atoms with Crippen molar-refractivity contribution in [2.45, 2.75) is 18.2 Å². The molecule has 7 heteroatoms. The van der Waals surface area contributed by atoms with Gasteiger partial charge in [-0.15, -0.1) is 0 Å². The first-order valence-electron chi connectivity index (χ1n) is 10.9. The number of hydrogen-bond acceptors (Lipinski definition) is 6. The molecule has 0 bridgehead atoms. The average molecular weight is 441 g/mol. The fourth-order valence-corrected chi connectivity index (χ4v) is 4.64. The Kier molecular flexibility index (Phi) is 7.86. The van der Waals surface area contributed by atoms with Crippen LogP contribution < -0.4 is 4.74 Å². The summed E-state index contributed by atoms with van der Waals surface area (Å²) in [7, 11) is 1.71. The molecule has 1 aliphatic rings. The van der Waals surface area contributed by atoms with Gasteiger partial charge in [-0.2, -0.15) is 0 Å². The van der Waals surface area contributed by atoms with Crippen LogP contribution in [-0.2, 0) is 17.8 Å². The molecule has 0 unspecified atom stereocenters. The summed E-state index contributed by atoms with van der Waals surface area (Å²) in [6.45, 7) is 8.73. The fourth-order valence-electron chi connectivity index (χ4n) is 4.04. The van der Waals surface area contributed by atoms with Gasteiger partial charge in [0.15, 0.2) is 5.16 Å². The molecule has 1 aromatic heterocycles. The van der Waals surface area contributed by atoms with E-state index in [9.17, 15) is 0 Å². The van der Waals surface area contributed by atoms with E-state index >= 15 is 0 Å². The lowest BCUT2D eigenvalue weighted by atomic mass is 10.2. The summed E-state index contributed by atoms with van der Waals surface area (Å²) in [5.41, 5.74) is 3.58. The molecule has 1 saturated heterocycles. The summed E-state index contributed by atoms with van der Waals surface area (Å²) in [5, 5.41) is 1.05. The van der Waals surface area contributed by atoms with Crippen LogP contribution in [0.5, 0.6) is 5.75 Å². The molecule has 0 atom stereocenters. The Bertz CT molecular complexity index is 952. The lowest BCUT2D eigenvalue weighted by Crippen LogP contribution is -2.46. The minimum Gasteiger partial charge on any atom is -0.497 e. The van der Waals surface area contributed by atoms with Crippen LogP contribution in [0.4, 0.5) is 0 Å². The van der Waals surface area contributed by atoms with Crippen LogP contribution in [-0.4, -0.2) is 78.7 Å². The number of para-hydroxylation sites is 2. The number of piperazine rings is 1. The van der Waals surface area contributed by atoms with E-state index in [1.54, 1.807) is 18.9 Å². The number of nitrogens with zero attached hydrogens (tertiary/aromatic N) is 4. The number of imidazole rings is 1. The topological polar surface area (TPSA) is 42.8 Å². The van der Waals surface area contributed by atoms with Crippen LogP contribution in [0.2, 0.25) is 0 Å². The average Bonchev–Trinajstić information content (AvgIpc) is 3.18. The number of benzene rings is 2. The van der Waals surface area contributed by atoms with E-state index in [2.05, 4.69) is 51.0 Å². The smallest absolute Gasteiger partial charge is 0.168 e. The van der Waals surface area contributed by atoms with Gasteiger partial charge in [-0.3, -0.25) is 9.80 Å². The van der Waals surface area contributed by atoms with Crippen LogP contribution >= 0.6 is 11.8 Å². The lowest BCUT2D eigenvalue weighted by molar-refractivity contribution is 0.0701. The predicted octanol–water partition coefficient (Wildman–Crippen LogP) is 3.60. The first-order valence-corrected chi connectivity index (χ1v) is 12.1. The summed E-state index contributed by atoms with van der Waals surface area (Å²) in [5.74, 6) is 0.916. The zero-order chi connectivity index (χ0) is 21.5. The third-order valence-electron chi connectivity index (χ3n) is 5.84. The van der Waals surface area contributed by atoms with E-state index < -0.39 is 0 Å². The van der Waals surface area contributed by atoms with Crippen molar-refractivity contribution in [2.24, 2.45) is 0 Å². The van der Waals surface area contributed by atoms with Gasteiger partial charge in [0.1, 0.15) is 5.75 Å². The van der Waals surface area contributed by atoms with E-state index in [-0.39, 0.29) is 0 Å². The van der Waals surface area contributed by atoms with E-state index in [1.807, 2.05) is 18.2 Å². The number of rotatable bonds is 10. The van der Waals surface area contributed by atoms with Crippen molar-refractivity contribution < 1.29 is 9.47 Å². The van der Waals surface area contributed by atoms with Crippen molar-refractivity contribution >= 4 is 22.8 Å². The third kappa shape index (κ3) is 5.80. The van der Waals surface area contributed by atoms with E-state index in [1.165, 1.54) is 11.1 Å². The number of aromatic nitrogens is 2. The highest BCUT2D eigenvalue weighted by molar-refractivity contribution is 7.98. The highest BCUT2D eigenvalue weighted by atomic mass is 32.2. The highest BCUT2D eigenvalue weighted by Crippen LogP contribution is 2.22. The molecular formula is C24H32N4O2S. The summed E-state index contributed by atoms with van der Waals surface area (Å²) in [6, 6.07) is 16.7. The first kappa shape index (κ1) is 22.1. The van der Waals surface area contributed by atoms with Crippen LogP contribution in [0.15, 0.2) is 53.7 Å². The zero-order valence-corrected chi connectivity index (χ0v) is 19.3. The Labute approximate surface area is 189 Å². The number of methoxy groups -OCH3 is 1. The highest BCUT2D eigenvalue weighted by Gasteiger charge is 2.17. The first-order chi connectivity index (χ1) is 15.3. The second kappa shape index (κ2) is 11.0. The Morgan fingerprint density at radius 2 is 1.61 bits per heavy atom. The molecule has 2 aromatic carbocycles. The number of ether oxygens (including phenoxy) is 2. The monoisotopic (exact) mass is 440 g/mol. The molecule has 31 heavy (non-hydrogen) atoms. The van der Waals surface area contributed by atoms with E-state index in [4.69, 9.17) is 14.5 Å². The summed E-state index contributed by atoms with van der Waals surface area (Å²) < 4.78 is 13.5. The van der Waals surface area contributed by atoms with Crippen LogP contribution in [0.3, 0.4) is 0 Å². The molecule has 0 amide bonds. The van der Waals surface area contributed by atoms with Gasteiger partial charge in [0, 0.05) is 45.8 Å². The number of fused-ring (bicyclic) bond motifs is 1. The fraction of sp³-hybridized carbons (Fsp3) is 0.458. The molecular weight excluding hydrogens is 408 g/mol. The largest absolute Gasteiger partial charge is 0.497 e. The molecule has 2 heterocycles. The Morgan fingerprint density at radius 1 is 0.903 bits per heavy atom. The second-order valence-corrected chi connectivity index (χ2v) is 8.59. The van der Waals surface area contributed by atoms with Gasteiger partial charge in [0.25, 0.3) is 0 Å². The summed E-state index contributed by atoms with van der Waals surface area (Å²) in [6.07, 6.45) is 2.08. The maximum Gasteiger partial charge on any atom is 0.168 e. The normalized spacial score (nSPS) is 15.5. The molecule has 3 aromatic rings. The lowest BCUT2D eigenvalue weighted by Gasteiger charge is -2.34. The molecule has 6 nitrogen and oxygen atoms in total. The maximum atomic E-state index is 5.98. The van der Waals surface area contributed by atoms with Crippen LogP contribution in [0, 0.1) is 0 Å². The molecule has 4 rings (SSSR count). The molecule has 1 fully saturated rings. The molecule has 0 N–H and O–H groups in total. The van der Waals surface area contributed by atoms with Crippen molar-refractivity contribution in [3.05, 3.63) is 54.1 Å². The molecule has 1 aliphatic heterocycles. The standard InChI is InChI=1S/C24H32N4O2S/c1-29-21-9-7-20(8-10-21)19-27-13-11-26(12-14-27)15-17-30-18-16-28-23-6-4-3-5-22(23)25-24(28)31-2/h3-10H,11-19H2,1-2H3. The molecule has 0 aliphatic carbocycles. The zero-order valence-electron chi connectivity index (χ0n) is 18.5. The van der Waals surface area contributed by atoms with Gasteiger partial charge in [0.2, 0.25) is 0 Å². The maximum absolute atomic E-state index is 5.98. The van der Waals surface area contributed by atoms with Crippen LogP contribution in [0.1, 0.15) is 5.56 Å². The number of hydrogen-bond donors (Lipinski definition) is 0. The summed E-state index contributed by atoms with van der Waals surface area (Å²) in [4.78, 5) is 9.73. The van der Waals surface area contributed by atoms with E-state index in [0.717, 1.165) is 68.8 Å². The Hall–Kier alpha value is -2.06. The van der Waals surface area contributed by atoms with E-state index in [0.29, 0.717) is 6.61 Å². The van der Waals surface area contributed by atoms with Crippen molar-refractivity contribution in [3.63, 3.8) is 0 Å². The molecule has 0 radical (unpaired) electrons. The van der Waals surface area contributed by atoms with Gasteiger partial charge >= 0.3 is 0 Å². The second-order valence-electron chi connectivity index (χ2n) is 7.82.